The first-order valence-electron chi connectivity index (χ1n) is 7.26. The fourth-order valence-corrected chi connectivity index (χ4v) is 2.39. The zero-order valence-electron chi connectivity index (χ0n) is 12.5. The standard InChI is InChI=1S/C15H21N3O4/c1-10-7-11(17-15(22)16-8-12(20)9-19)4-5-13(10)18-6-2-3-14(18)21/h4-5,7,12,19-20H,2-3,6,8-9H2,1H3,(H2,16,17,22)/t12-/m1/s1. The van der Waals surface area contributed by atoms with Crippen LogP contribution in [0.1, 0.15) is 18.4 Å². The third kappa shape index (κ3) is 3.96. The van der Waals surface area contributed by atoms with Crippen molar-refractivity contribution in [1.82, 2.24) is 5.32 Å². The Kier molecular flexibility index (Phi) is 5.35. The molecule has 1 fully saturated rings. The number of carbonyl (C=O) groups is 2. The molecule has 0 spiro atoms. The van der Waals surface area contributed by atoms with Crippen molar-refractivity contribution in [2.45, 2.75) is 25.9 Å². The summed E-state index contributed by atoms with van der Waals surface area (Å²) in [7, 11) is 0. The van der Waals surface area contributed by atoms with E-state index in [2.05, 4.69) is 10.6 Å². The summed E-state index contributed by atoms with van der Waals surface area (Å²) in [6.07, 6.45) is 0.471. The Balaban J connectivity index is 1.97. The number of aryl methyl sites for hydroxylation is 1. The second-order valence-corrected chi connectivity index (χ2v) is 5.32. The molecule has 1 saturated heterocycles. The fraction of sp³-hybridized carbons (Fsp3) is 0.467. The Morgan fingerprint density at radius 3 is 2.82 bits per heavy atom. The van der Waals surface area contributed by atoms with Gasteiger partial charge in [0.1, 0.15) is 0 Å². The number of hydrogen-bond acceptors (Lipinski definition) is 4. The van der Waals surface area contributed by atoms with Gasteiger partial charge >= 0.3 is 6.03 Å². The van der Waals surface area contributed by atoms with Gasteiger partial charge in [-0.25, -0.2) is 4.79 Å². The first-order valence-corrected chi connectivity index (χ1v) is 7.26. The van der Waals surface area contributed by atoms with E-state index in [0.717, 1.165) is 24.2 Å². The quantitative estimate of drug-likeness (QED) is 0.639. The molecular weight excluding hydrogens is 286 g/mol. The molecule has 7 nitrogen and oxygen atoms in total. The lowest BCUT2D eigenvalue weighted by Gasteiger charge is -2.19. The second-order valence-electron chi connectivity index (χ2n) is 5.32. The number of urea groups is 1. The van der Waals surface area contributed by atoms with Crippen molar-refractivity contribution in [2.24, 2.45) is 0 Å². The lowest BCUT2D eigenvalue weighted by molar-refractivity contribution is -0.117. The number of nitrogens with one attached hydrogen (secondary N) is 2. The summed E-state index contributed by atoms with van der Waals surface area (Å²) < 4.78 is 0. The van der Waals surface area contributed by atoms with Crippen molar-refractivity contribution in [3.63, 3.8) is 0 Å². The van der Waals surface area contributed by atoms with Gasteiger partial charge < -0.3 is 25.7 Å². The molecule has 7 heteroatoms. The first-order chi connectivity index (χ1) is 10.5. The van der Waals surface area contributed by atoms with Crippen molar-refractivity contribution in [1.29, 1.82) is 0 Å². The van der Waals surface area contributed by atoms with Gasteiger partial charge in [0.2, 0.25) is 5.91 Å². The maximum absolute atomic E-state index is 11.8. The van der Waals surface area contributed by atoms with Crippen molar-refractivity contribution < 1.29 is 19.8 Å². The van der Waals surface area contributed by atoms with Crippen LogP contribution in [0.2, 0.25) is 0 Å². The van der Waals surface area contributed by atoms with Gasteiger partial charge in [0, 0.05) is 30.9 Å². The van der Waals surface area contributed by atoms with Crippen LogP contribution in [-0.4, -0.2) is 48.0 Å². The maximum atomic E-state index is 11.8. The van der Waals surface area contributed by atoms with Crippen LogP contribution in [0.5, 0.6) is 0 Å². The molecule has 1 heterocycles. The van der Waals surface area contributed by atoms with Gasteiger partial charge in [-0.1, -0.05) is 0 Å². The van der Waals surface area contributed by atoms with Gasteiger partial charge in [-0.2, -0.15) is 0 Å². The Morgan fingerprint density at radius 1 is 1.45 bits per heavy atom. The Morgan fingerprint density at radius 2 is 2.23 bits per heavy atom. The smallest absolute Gasteiger partial charge is 0.319 e. The Hall–Kier alpha value is -2.12. The molecular formula is C15H21N3O4. The van der Waals surface area contributed by atoms with E-state index in [1.807, 2.05) is 13.0 Å². The molecule has 4 N–H and O–H groups in total. The maximum Gasteiger partial charge on any atom is 0.319 e. The number of carbonyl (C=O) groups excluding carboxylic acids is 2. The summed E-state index contributed by atoms with van der Waals surface area (Å²) in [6, 6.07) is 4.88. The number of anilines is 2. The Labute approximate surface area is 128 Å². The predicted molar refractivity (Wildman–Crippen MR) is 82.9 cm³/mol. The van der Waals surface area contributed by atoms with Gasteiger partial charge in [-0.15, -0.1) is 0 Å². The molecule has 0 saturated carbocycles. The second kappa shape index (κ2) is 7.24. The fourth-order valence-electron chi connectivity index (χ4n) is 2.39. The highest BCUT2D eigenvalue weighted by atomic mass is 16.3. The zero-order valence-corrected chi connectivity index (χ0v) is 12.5. The van der Waals surface area contributed by atoms with Crippen molar-refractivity contribution >= 4 is 23.3 Å². The Bertz CT molecular complexity index is 562. The minimum absolute atomic E-state index is 0.0261. The highest BCUT2D eigenvalue weighted by molar-refractivity contribution is 5.96. The summed E-state index contributed by atoms with van der Waals surface area (Å²) in [4.78, 5) is 25.2. The zero-order chi connectivity index (χ0) is 16.1. The number of aliphatic hydroxyl groups excluding tert-OH is 2. The summed E-state index contributed by atoms with van der Waals surface area (Å²) in [6.45, 7) is 2.19. The van der Waals surface area contributed by atoms with Crippen LogP contribution in [0.4, 0.5) is 16.2 Å². The van der Waals surface area contributed by atoms with Crippen LogP contribution in [-0.2, 0) is 4.79 Å². The van der Waals surface area contributed by atoms with E-state index in [-0.39, 0.29) is 12.5 Å². The van der Waals surface area contributed by atoms with Gasteiger partial charge in [-0.3, -0.25) is 4.79 Å². The molecule has 22 heavy (non-hydrogen) atoms. The molecule has 1 atom stereocenters. The van der Waals surface area contributed by atoms with Crippen molar-refractivity contribution in [2.75, 3.05) is 29.9 Å². The molecule has 0 radical (unpaired) electrons. The lowest BCUT2D eigenvalue weighted by Crippen LogP contribution is -2.36. The monoisotopic (exact) mass is 307 g/mol. The van der Waals surface area contributed by atoms with Gasteiger partial charge in [0.25, 0.3) is 0 Å². The third-order valence-electron chi connectivity index (χ3n) is 3.53. The molecule has 0 aliphatic carbocycles. The highest BCUT2D eigenvalue weighted by Gasteiger charge is 2.23. The van der Waals surface area contributed by atoms with E-state index in [0.29, 0.717) is 12.1 Å². The van der Waals surface area contributed by atoms with Gasteiger partial charge in [-0.05, 0) is 37.1 Å². The van der Waals surface area contributed by atoms with Crippen LogP contribution in [0, 0.1) is 6.92 Å². The molecule has 120 valence electrons. The molecule has 1 aromatic rings. The molecule has 0 unspecified atom stereocenters. The molecule has 1 aromatic carbocycles. The molecule has 3 amide bonds. The molecule has 1 aliphatic heterocycles. The van der Waals surface area contributed by atoms with Crippen LogP contribution in [0.3, 0.4) is 0 Å². The van der Waals surface area contributed by atoms with Crippen LogP contribution in [0.25, 0.3) is 0 Å². The number of amides is 3. The van der Waals surface area contributed by atoms with Crippen molar-refractivity contribution in [3.8, 4) is 0 Å². The normalized spacial score (nSPS) is 15.8. The minimum Gasteiger partial charge on any atom is -0.394 e. The summed E-state index contributed by atoms with van der Waals surface area (Å²) >= 11 is 0. The minimum atomic E-state index is -0.976. The molecule has 2 rings (SSSR count). The molecule has 0 aromatic heterocycles. The van der Waals surface area contributed by atoms with E-state index in [9.17, 15) is 9.59 Å². The van der Waals surface area contributed by atoms with E-state index in [1.165, 1.54) is 0 Å². The van der Waals surface area contributed by atoms with Gasteiger partial charge in [0.15, 0.2) is 0 Å². The van der Waals surface area contributed by atoms with E-state index >= 15 is 0 Å². The predicted octanol–water partition coefficient (Wildman–Crippen LogP) is 0.597. The first kappa shape index (κ1) is 16.3. The average molecular weight is 307 g/mol. The summed E-state index contributed by atoms with van der Waals surface area (Å²) in [5.41, 5.74) is 2.37. The van der Waals surface area contributed by atoms with Crippen LogP contribution in [0.15, 0.2) is 18.2 Å². The number of nitrogens with zero attached hydrogens (tertiary/aromatic N) is 1. The number of aliphatic hydroxyl groups is 2. The highest BCUT2D eigenvalue weighted by Crippen LogP contribution is 2.27. The number of hydrogen-bond donors (Lipinski definition) is 4. The van der Waals surface area contributed by atoms with Gasteiger partial charge in [0.05, 0.1) is 12.7 Å². The topological polar surface area (TPSA) is 102 Å². The number of benzene rings is 1. The largest absolute Gasteiger partial charge is 0.394 e. The third-order valence-corrected chi connectivity index (χ3v) is 3.53. The average Bonchev–Trinajstić information content (AvgIpc) is 2.91. The summed E-state index contributed by atoms with van der Waals surface area (Å²) in [5, 5.41) is 22.9. The molecule has 0 bridgehead atoms. The molecule has 1 aliphatic rings. The van der Waals surface area contributed by atoms with E-state index in [4.69, 9.17) is 10.2 Å². The lowest BCUT2D eigenvalue weighted by atomic mass is 10.1. The van der Waals surface area contributed by atoms with Crippen LogP contribution < -0.4 is 15.5 Å². The van der Waals surface area contributed by atoms with E-state index in [1.54, 1.807) is 17.0 Å². The summed E-state index contributed by atoms with van der Waals surface area (Å²) in [5.74, 6) is 0.125. The van der Waals surface area contributed by atoms with Crippen molar-refractivity contribution in [3.05, 3.63) is 23.8 Å². The SMILES string of the molecule is Cc1cc(NC(=O)NC[C@@H](O)CO)ccc1N1CCCC1=O. The van der Waals surface area contributed by atoms with E-state index < -0.39 is 18.7 Å². The van der Waals surface area contributed by atoms with Crippen LogP contribution >= 0.6 is 0 Å². The number of rotatable bonds is 5.